The topological polar surface area (TPSA) is 86.5 Å². The predicted molar refractivity (Wildman–Crippen MR) is 91.4 cm³/mol. The van der Waals surface area contributed by atoms with Crippen molar-refractivity contribution in [1.82, 2.24) is 10.2 Å². The van der Waals surface area contributed by atoms with E-state index in [0.29, 0.717) is 23.9 Å². The van der Waals surface area contributed by atoms with Crippen LogP contribution in [0.3, 0.4) is 0 Å². The van der Waals surface area contributed by atoms with E-state index < -0.39 is 0 Å². The zero-order valence-electron chi connectivity index (χ0n) is 13.9. The van der Waals surface area contributed by atoms with Crippen LogP contribution in [-0.4, -0.2) is 30.4 Å². The van der Waals surface area contributed by atoms with Crippen molar-refractivity contribution >= 4 is 11.7 Å². The normalized spacial score (nSPS) is 10.3. The first-order valence-corrected chi connectivity index (χ1v) is 7.58. The second-order valence-electron chi connectivity index (χ2n) is 5.16. The number of hydrogen-bond donors (Lipinski definition) is 1. The third-order valence-corrected chi connectivity index (χ3v) is 3.51. The van der Waals surface area contributed by atoms with E-state index in [0.717, 1.165) is 17.0 Å². The van der Waals surface area contributed by atoms with Crippen molar-refractivity contribution in [1.29, 1.82) is 0 Å². The second kappa shape index (κ2) is 7.48. The first-order valence-electron chi connectivity index (χ1n) is 7.58. The average Bonchev–Trinajstić information content (AvgIpc) is 3.15. The first-order chi connectivity index (χ1) is 12.2. The van der Waals surface area contributed by atoms with E-state index in [4.69, 9.17) is 13.9 Å². The molecule has 0 spiro atoms. The zero-order valence-corrected chi connectivity index (χ0v) is 13.9. The summed E-state index contributed by atoms with van der Waals surface area (Å²) < 4.78 is 15.6. The van der Waals surface area contributed by atoms with E-state index in [2.05, 4.69) is 15.5 Å². The minimum Gasteiger partial charge on any atom is -0.497 e. The molecule has 0 amide bonds. The Morgan fingerprint density at radius 3 is 2.76 bits per heavy atom. The molecule has 0 bridgehead atoms. The molecule has 3 rings (SSSR count). The zero-order chi connectivity index (χ0) is 17.6. The van der Waals surface area contributed by atoms with Gasteiger partial charge < -0.3 is 19.2 Å². The molecule has 128 valence electrons. The molecule has 0 aliphatic rings. The van der Waals surface area contributed by atoms with Gasteiger partial charge in [-0.25, -0.2) is 4.79 Å². The van der Waals surface area contributed by atoms with Crippen LogP contribution in [0.2, 0.25) is 0 Å². The number of aromatic nitrogens is 2. The molecule has 7 heteroatoms. The average molecular weight is 339 g/mol. The molecule has 0 fully saturated rings. The number of rotatable bonds is 6. The molecule has 25 heavy (non-hydrogen) atoms. The highest BCUT2D eigenvalue weighted by Crippen LogP contribution is 2.23. The molecule has 0 radical (unpaired) electrons. The number of anilines is 1. The van der Waals surface area contributed by atoms with Gasteiger partial charge in [0.25, 0.3) is 0 Å². The summed E-state index contributed by atoms with van der Waals surface area (Å²) in [6.45, 7) is 0.335. The highest BCUT2D eigenvalue weighted by molar-refractivity contribution is 5.90. The van der Waals surface area contributed by atoms with Gasteiger partial charge in [0.2, 0.25) is 11.8 Å². The van der Waals surface area contributed by atoms with Crippen molar-refractivity contribution in [2.24, 2.45) is 0 Å². The summed E-state index contributed by atoms with van der Waals surface area (Å²) in [5.41, 5.74) is 2.00. The number of benzene rings is 2. The van der Waals surface area contributed by atoms with Crippen LogP contribution in [0, 0.1) is 0 Å². The van der Waals surface area contributed by atoms with Gasteiger partial charge in [0.15, 0.2) is 0 Å². The van der Waals surface area contributed by atoms with E-state index >= 15 is 0 Å². The highest BCUT2D eigenvalue weighted by atomic mass is 16.5. The van der Waals surface area contributed by atoms with Gasteiger partial charge in [0.05, 0.1) is 26.3 Å². The summed E-state index contributed by atoms with van der Waals surface area (Å²) in [6.07, 6.45) is 0. The molecule has 3 aromatic rings. The Kier molecular flexibility index (Phi) is 4.94. The minimum atomic E-state index is -0.387. The summed E-state index contributed by atoms with van der Waals surface area (Å²) >= 11 is 0. The second-order valence-corrected chi connectivity index (χ2v) is 5.16. The quantitative estimate of drug-likeness (QED) is 0.690. The summed E-state index contributed by atoms with van der Waals surface area (Å²) in [6, 6.07) is 14.4. The fourth-order valence-corrected chi connectivity index (χ4v) is 2.25. The Hall–Kier alpha value is -3.35. The van der Waals surface area contributed by atoms with Gasteiger partial charge in [-0.1, -0.05) is 12.1 Å². The summed E-state index contributed by atoms with van der Waals surface area (Å²) in [5.74, 6) is 1.18. The third-order valence-electron chi connectivity index (χ3n) is 3.51. The largest absolute Gasteiger partial charge is 0.497 e. The van der Waals surface area contributed by atoms with Crippen molar-refractivity contribution in [2.75, 3.05) is 19.5 Å². The number of carbonyl (C=O) groups is 1. The van der Waals surface area contributed by atoms with Crippen LogP contribution in [0.25, 0.3) is 11.5 Å². The maximum Gasteiger partial charge on any atom is 0.337 e. The lowest BCUT2D eigenvalue weighted by Crippen LogP contribution is -2.04. The lowest BCUT2D eigenvalue weighted by atomic mass is 10.2. The molecule has 0 saturated heterocycles. The van der Waals surface area contributed by atoms with Gasteiger partial charge in [-0.15, -0.1) is 10.2 Å². The molecular weight excluding hydrogens is 322 g/mol. The van der Waals surface area contributed by atoms with E-state index in [-0.39, 0.29) is 5.97 Å². The summed E-state index contributed by atoms with van der Waals surface area (Å²) in [4.78, 5) is 11.6. The number of hydrogen-bond acceptors (Lipinski definition) is 7. The van der Waals surface area contributed by atoms with Crippen molar-refractivity contribution in [3.05, 3.63) is 60.0 Å². The van der Waals surface area contributed by atoms with Crippen molar-refractivity contribution in [3.8, 4) is 17.2 Å². The first kappa shape index (κ1) is 16.5. The van der Waals surface area contributed by atoms with E-state index in [1.807, 2.05) is 30.3 Å². The SMILES string of the molecule is COC(=O)c1cccc(NCc2nnc(-c3cccc(OC)c3)o2)c1. The maximum atomic E-state index is 11.6. The molecule has 7 nitrogen and oxygen atoms in total. The predicted octanol–water partition coefficient (Wildman–Crippen LogP) is 3.14. The molecular formula is C18H17N3O4. The van der Waals surface area contributed by atoms with Gasteiger partial charge >= 0.3 is 5.97 Å². The smallest absolute Gasteiger partial charge is 0.337 e. The Balaban J connectivity index is 1.69. The number of nitrogens with zero attached hydrogens (tertiary/aromatic N) is 2. The molecule has 2 aromatic carbocycles. The monoisotopic (exact) mass is 339 g/mol. The van der Waals surface area contributed by atoms with E-state index in [9.17, 15) is 4.79 Å². The van der Waals surface area contributed by atoms with Gasteiger partial charge in [-0.3, -0.25) is 0 Å². The summed E-state index contributed by atoms with van der Waals surface area (Å²) in [5, 5.41) is 11.2. The standard InChI is InChI=1S/C18H17N3O4/c1-23-15-8-4-5-12(10-15)17-21-20-16(25-17)11-19-14-7-3-6-13(9-14)18(22)24-2/h3-10,19H,11H2,1-2H3. The van der Waals surface area contributed by atoms with Gasteiger partial charge in [-0.2, -0.15) is 0 Å². The fraction of sp³-hybridized carbons (Fsp3) is 0.167. The molecule has 0 aliphatic heterocycles. The lowest BCUT2D eigenvalue weighted by molar-refractivity contribution is 0.0601. The number of ether oxygens (including phenoxy) is 2. The number of esters is 1. The highest BCUT2D eigenvalue weighted by Gasteiger charge is 2.10. The Morgan fingerprint density at radius 2 is 1.96 bits per heavy atom. The van der Waals surface area contributed by atoms with Crippen LogP contribution in [0.1, 0.15) is 16.2 Å². The Bertz CT molecular complexity index is 876. The maximum absolute atomic E-state index is 11.6. The van der Waals surface area contributed by atoms with Crippen LogP contribution in [0.5, 0.6) is 5.75 Å². The molecule has 1 aromatic heterocycles. The van der Waals surface area contributed by atoms with Crippen LogP contribution in [-0.2, 0) is 11.3 Å². The van der Waals surface area contributed by atoms with Crippen LogP contribution in [0.15, 0.2) is 52.9 Å². The molecule has 0 saturated carbocycles. The molecule has 1 heterocycles. The number of nitrogens with one attached hydrogen (secondary N) is 1. The molecule has 0 atom stereocenters. The van der Waals surface area contributed by atoms with Gasteiger partial charge in [0.1, 0.15) is 5.75 Å². The number of methoxy groups -OCH3 is 2. The number of carbonyl (C=O) groups excluding carboxylic acids is 1. The minimum absolute atomic E-state index is 0.335. The van der Waals surface area contributed by atoms with Crippen molar-refractivity contribution in [3.63, 3.8) is 0 Å². The summed E-state index contributed by atoms with van der Waals surface area (Å²) in [7, 11) is 2.95. The van der Waals surface area contributed by atoms with Crippen molar-refractivity contribution < 1.29 is 18.7 Å². The van der Waals surface area contributed by atoms with E-state index in [1.54, 1.807) is 25.3 Å². The third kappa shape index (κ3) is 3.95. The van der Waals surface area contributed by atoms with Gasteiger partial charge in [0, 0.05) is 11.3 Å². The van der Waals surface area contributed by atoms with Crippen molar-refractivity contribution in [2.45, 2.75) is 6.54 Å². The van der Waals surface area contributed by atoms with E-state index in [1.165, 1.54) is 7.11 Å². The lowest BCUT2D eigenvalue weighted by Gasteiger charge is -2.05. The Labute approximate surface area is 144 Å². The van der Waals surface area contributed by atoms with Gasteiger partial charge in [-0.05, 0) is 36.4 Å². The molecule has 0 unspecified atom stereocenters. The van der Waals surface area contributed by atoms with Crippen LogP contribution >= 0.6 is 0 Å². The molecule has 1 N–H and O–H groups in total. The van der Waals surface area contributed by atoms with Crippen LogP contribution < -0.4 is 10.1 Å². The molecule has 0 aliphatic carbocycles. The van der Waals surface area contributed by atoms with Crippen LogP contribution in [0.4, 0.5) is 5.69 Å². The Morgan fingerprint density at radius 1 is 1.12 bits per heavy atom. The fourth-order valence-electron chi connectivity index (χ4n) is 2.25.